The molecular weight excluding hydrogens is 322 g/mol. The van der Waals surface area contributed by atoms with Crippen LogP contribution in [0.2, 0.25) is 0 Å². The Labute approximate surface area is 108 Å². The fourth-order valence-corrected chi connectivity index (χ4v) is 1.43. The summed E-state index contributed by atoms with van der Waals surface area (Å²) in [5.41, 5.74) is -0.0689. The number of carbonyl (C=O) groups excluding carboxylic acids is 1. The molecule has 0 unspecified atom stereocenters. The first kappa shape index (κ1) is 14.5. The topological polar surface area (TPSA) is 38.3 Å². The van der Waals surface area contributed by atoms with Crippen molar-refractivity contribution in [1.29, 1.82) is 0 Å². The molecule has 98 valence electrons. The lowest BCUT2D eigenvalue weighted by atomic mass is 10.3. The Balaban J connectivity index is 3.09. The Morgan fingerprint density at radius 1 is 1.44 bits per heavy atom. The minimum absolute atomic E-state index is 0.0689. The van der Waals surface area contributed by atoms with Gasteiger partial charge in [-0.25, -0.2) is 4.39 Å². The second-order valence-corrected chi connectivity index (χ2v) is 3.86. The zero-order valence-electron chi connectivity index (χ0n) is 8.65. The van der Waals surface area contributed by atoms with Crippen molar-refractivity contribution >= 4 is 27.5 Å². The number of hydrogen-bond acceptors (Lipinski definition) is 2. The van der Waals surface area contributed by atoms with Crippen LogP contribution in [0.5, 0.6) is 5.75 Å². The van der Waals surface area contributed by atoms with Gasteiger partial charge in [0.2, 0.25) is 5.91 Å². The average Bonchev–Trinajstić information content (AvgIpc) is 2.23. The SMILES string of the molecule is C=CC(=O)Nc1cc(OC(F)(F)F)c(F)cc1Br. The third-order valence-corrected chi connectivity index (χ3v) is 2.35. The zero-order chi connectivity index (χ0) is 13.9. The lowest BCUT2D eigenvalue weighted by Crippen LogP contribution is -2.18. The van der Waals surface area contributed by atoms with E-state index in [0.29, 0.717) is 6.07 Å². The molecule has 0 radical (unpaired) electrons. The van der Waals surface area contributed by atoms with Crippen LogP contribution in [0.15, 0.2) is 29.3 Å². The molecule has 0 aliphatic heterocycles. The summed E-state index contributed by atoms with van der Waals surface area (Å²) in [6.45, 7) is 3.17. The number of nitrogens with one attached hydrogen (secondary N) is 1. The largest absolute Gasteiger partial charge is 0.573 e. The van der Waals surface area contributed by atoms with Crippen molar-refractivity contribution in [1.82, 2.24) is 0 Å². The molecule has 1 amide bonds. The summed E-state index contributed by atoms with van der Waals surface area (Å²) < 4.78 is 52.7. The van der Waals surface area contributed by atoms with E-state index in [9.17, 15) is 22.4 Å². The van der Waals surface area contributed by atoms with Crippen LogP contribution in [0.25, 0.3) is 0 Å². The van der Waals surface area contributed by atoms with E-state index in [0.717, 1.165) is 12.1 Å². The minimum Gasteiger partial charge on any atom is -0.403 e. The van der Waals surface area contributed by atoms with Crippen molar-refractivity contribution in [3.05, 3.63) is 35.1 Å². The molecule has 0 heterocycles. The third kappa shape index (κ3) is 4.02. The molecule has 1 aromatic rings. The molecule has 0 aliphatic carbocycles. The Bertz CT molecular complexity index is 488. The predicted octanol–water partition coefficient (Wildman–Crippen LogP) is 3.61. The number of amides is 1. The number of anilines is 1. The van der Waals surface area contributed by atoms with Crippen LogP contribution in [-0.2, 0) is 4.79 Å². The van der Waals surface area contributed by atoms with Crippen molar-refractivity contribution in [3.8, 4) is 5.75 Å². The molecule has 0 atom stereocenters. The van der Waals surface area contributed by atoms with Gasteiger partial charge in [-0.05, 0) is 28.1 Å². The highest BCUT2D eigenvalue weighted by molar-refractivity contribution is 9.10. The Kier molecular flexibility index (Phi) is 4.33. The van der Waals surface area contributed by atoms with Crippen LogP contribution in [0.1, 0.15) is 0 Å². The molecule has 0 saturated heterocycles. The number of ether oxygens (including phenoxy) is 1. The van der Waals surface area contributed by atoms with Gasteiger partial charge in [-0.2, -0.15) is 0 Å². The number of alkyl halides is 3. The van der Waals surface area contributed by atoms with E-state index >= 15 is 0 Å². The highest BCUT2D eigenvalue weighted by Crippen LogP contribution is 2.33. The van der Waals surface area contributed by atoms with Crippen LogP contribution < -0.4 is 10.1 Å². The second-order valence-electron chi connectivity index (χ2n) is 3.00. The molecular formula is C10H6BrF4NO2. The van der Waals surface area contributed by atoms with Gasteiger partial charge in [0.05, 0.1) is 5.69 Å². The van der Waals surface area contributed by atoms with E-state index in [4.69, 9.17) is 0 Å². The quantitative estimate of drug-likeness (QED) is 0.680. The lowest BCUT2D eigenvalue weighted by Gasteiger charge is -2.12. The first-order chi connectivity index (χ1) is 8.23. The third-order valence-electron chi connectivity index (χ3n) is 1.69. The lowest BCUT2D eigenvalue weighted by molar-refractivity contribution is -0.275. The molecule has 0 aromatic heterocycles. The molecule has 0 spiro atoms. The van der Waals surface area contributed by atoms with Crippen LogP contribution in [0.3, 0.4) is 0 Å². The summed E-state index contributed by atoms with van der Waals surface area (Å²) in [6, 6.07) is 1.47. The summed E-state index contributed by atoms with van der Waals surface area (Å²) in [5.74, 6) is -2.90. The standard InChI is InChI=1S/C10H6BrF4NO2/c1-2-9(17)16-7-4-8(18-10(13,14)15)6(12)3-5(7)11/h2-4H,1H2,(H,16,17). The smallest absolute Gasteiger partial charge is 0.403 e. The zero-order valence-corrected chi connectivity index (χ0v) is 10.2. The van der Waals surface area contributed by atoms with Gasteiger partial charge in [-0.3, -0.25) is 4.79 Å². The van der Waals surface area contributed by atoms with E-state index in [-0.39, 0.29) is 10.2 Å². The number of rotatable bonds is 3. The summed E-state index contributed by atoms with van der Waals surface area (Å²) in [6.07, 6.45) is -4.10. The molecule has 0 aliphatic rings. The van der Waals surface area contributed by atoms with E-state index in [1.54, 1.807) is 0 Å². The number of hydrogen-bond donors (Lipinski definition) is 1. The molecule has 1 rings (SSSR count). The molecule has 0 bridgehead atoms. The first-order valence-electron chi connectivity index (χ1n) is 4.41. The maximum atomic E-state index is 13.2. The van der Waals surface area contributed by atoms with Crippen LogP contribution >= 0.6 is 15.9 Å². The monoisotopic (exact) mass is 327 g/mol. The van der Waals surface area contributed by atoms with Gasteiger partial charge in [-0.15, -0.1) is 13.2 Å². The summed E-state index contributed by atoms with van der Waals surface area (Å²) in [4.78, 5) is 11.0. The van der Waals surface area contributed by atoms with Gasteiger partial charge < -0.3 is 10.1 Å². The first-order valence-corrected chi connectivity index (χ1v) is 5.20. The van der Waals surface area contributed by atoms with Gasteiger partial charge in [0.1, 0.15) is 0 Å². The summed E-state index contributed by atoms with van der Waals surface area (Å²) in [5, 5.41) is 2.20. The predicted molar refractivity (Wildman–Crippen MR) is 59.6 cm³/mol. The van der Waals surface area contributed by atoms with Gasteiger partial charge in [0.15, 0.2) is 11.6 Å². The molecule has 8 heteroatoms. The highest BCUT2D eigenvalue weighted by Gasteiger charge is 2.32. The van der Waals surface area contributed by atoms with E-state index < -0.39 is 23.8 Å². The fourth-order valence-electron chi connectivity index (χ4n) is 1.01. The number of carbonyl (C=O) groups is 1. The minimum atomic E-state index is -5.02. The Morgan fingerprint density at radius 3 is 2.56 bits per heavy atom. The normalized spacial score (nSPS) is 10.9. The molecule has 3 nitrogen and oxygen atoms in total. The van der Waals surface area contributed by atoms with Crippen molar-refractivity contribution in [2.75, 3.05) is 5.32 Å². The van der Waals surface area contributed by atoms with E-state index in [1.807, 2.05) is 0 Å². The number of halogens is 5. The summed E-state index contributed by atoms with van der Waals surface area (Å²) in [7, 11) is 0. The van der Waals surface area contributed by atoms with E-state index in [2.05, 4.69) is 32.6 Å². The number of benzene rings is 1. The van der Waals surface area contributed by atoms with Gasteiger partial charge in [0, 0.05) is 10.5 Å². The van der Waals surface area contributed by atoms with Crippen molar-refractivity contribution in [2.45, 2.75) is 6.36 Å². The second kappa shape index (κ2) is 5.38. The average molecular weight is 328 g/mol. The molecule has 18 heavy (non-hydrogen) atoms. The molecule has 0 saturated carbocycles. The van der Waals surface area contributed by atoms with Crippen LogP contribution in [0, 0.1) is 5.82 Å². The maximum absolute atomic E-state index is 13.2. The molecule has 0 fully saturated rings. The fraction of sp³-hybridized carbons (Fsp3) is 0.100. The molecule has 1 N–H and O–H groups in total. The maximum Gasteiger partial charge on any atom is 0.573 e. The van der Waals surface area contributed by atoms with Gasteiger partial charge in [-0.1, -0.05) is 6.58 Å². The Morgan fingerprint density at radius 2 is 2.06 bits per heavy atom. The van der Waals surface area contributed by atoms with Gasteiger partial charge in [0.25, 0.3) is 0 Å². The van der Waals surface area contributed by atoms with Crippen LogP contribution in [-0.4, -0.2) is 12.3 Å². The van der Waals surface area contributed by atoms with Crippen molar-refractivity contribution < 1.29 is 27.1 Å². The summed E-state index contributed by atoms with van der Waals surface area (Å²) >= 11 is 2.89. The van der Waals surface area contributed by atoms with Crippen LogP contribution in [0.4, 0.5) is 23.2 Å². The van der Waals surface area contributed by atoms with Crippen molar-refractivity contribution in [2.24, 2.45) is 0 Å². The highest BCUT2D eigenvalue weighted by atomic mass is 79.9. The van der Waals surface area contributed by atoms with Gasteiger partial charge >= 0.3 is 6.36 Å². The molecule has 1 aromatic carbocycles. The van der Waals surface area contributed by atoms with Crippen molar-refractivity contribution in [3.63, 3.8) is 0 Å². The Hall–Kier alpha value is -1.57. The van der Waals surface area contributed by atoms with E-state index in [1.165, 1.54) is 0 Å².